The number of anilines is 1. The van der Waals surface area contributed by atoms with Gasteiger partial charge in [0.2, 0.25) is 10.0 Å². The second kappa shape index (κ2) is 9.67. The molecule has 190 valence electrons. The normalized spacial score (nSPS) is 20.2. The number of aromatic nitrogens is 4. The average Bonchev–Trinajstić information content (AvgIpc) is 3.56. The average molecular weight is 528 g/mol. The number of hydrogen-bond acceptors (Lipinski definition) is 9. The van der Waals surface area contributed by atoms with Crippen LogP contribution in [0.25, 0.3) is 32.5 Å². The van der Waals surface area contributed by atoms with E-state index in [0.717, 1.165) is 52.8 Å². The molecule has 2 aliphatic rings. The third-order valence-electron chi connectivity index (χ3n) is 6.93. The van der Waals surface area contributed by atoms with Crippen molar-refractivity contribution in [3.05, 3.63) is 30.5 Å². The molecule has 4 aromatic rings. The van der Waals surface area contributed by atoms with Gasteiger partial charge in [-0.1, -0.05) is 18.6 Å². The van der Waals surface area contributed by atoms with E-state index in [4.69, 9.17) is 14.7 Å². The summed E-state index contributed by atoms with van der Waals surface area (Å²) in [6.07, 6.45) is 4.97. The van der Waals surface area contributed by atoms with E-state index >= 15 is 0 Å². The first kappa shape index (κ1) is 23.7. The molecule has 2 unspecified atom stereocenters. The van der Waals surface area contributed by atoms with Crippen molar-refractivity contribution in [3.8, 4) is 11.4 Å². The number of H-pyrrole nitrogens is 1. The van der Waals surface area contributed by atoms with E-state index in [1.54, 1.807) is 12.3 Å². The fraction of sp³-hybridized carbons (Fsp3) is 0.458. The van der Waals surface area contributed by atoms with Crippen LogP contribution < -0.4 is 14.9 Å². The number of ether oxygens (including phenoxy) is 1. The fourth-order valence-corrected chi connectivity index (χ4v) is 7.71. The van der Waals surface area contributed by atoms with E-state index in [-0.39, 0.29) is 16.3 Å². The molecule has 0 saturated carbocycles. The smallest absolute Gasteiger partial charge is 0.250 e. The van der Waals surface area contributed by atoms with Crippen LogP contribution >= 0.6 is 11.3 Å². The van der Waals surface area contributed by atoms with E-state index in [0.29, 0.717) is 37.6 Å². The van der Waals surface area contributed by atoms with Crippen molar-refractivity contribution in [2.75, 3.05) is 37.7 Å². The van der Waals surface area contributed by atoms with Gasteiger partial charge >= 0.3 is 0 Å². The first-order valence-electron chi connectivity index (χ1n) is 12.3. The van der Waals surface area contributed by atoms with E-state index in [9.17, 15) is 8.42 Å². The molecule has 3 N–H and O–H groups in total. The lowest BCUT2D eigenvalue weighted by molar-refractivity contribution is 0.122. The Morgan fingerprint density at radius 2 is 2.08 bits per heavy atom. The van der Waals surface area contributed by atoms with Crippen molar-refractivity contribution in [2.24, 2.45) is 0 Å². The minimum Gasteiger partial charge on any atom is -0.378 e. The van der Waals surface area contributed by atoms with Gasteiger partial charge in [0, 0.05) is 36.1 Å². The van der Waals surface area contributed by atoms with Gasteiger partial charge < -0.3 is 15.0 Å². The molecule has 0 bridgehead atoms. The fourth-order valence-electron chi connectivity index (χ4n) is 4.99. The van der Waals surface area contributed by atoms with Crippen LogP contribution in [-0.2, 0) is 14.8 Å². The van der Waals surface area contributed by atoms with Gasteiger partial charge in [-0.15, -0.1) is 11.3 Å². The number of hydrogen-bond donors (Lipinski definition) is 3. The maximum Gasteiger partial charge on any atom is 0.250 e. The Hall–Kier alpha value is -2.64. The molecule has 2 atom stereocenters. The molecule has 3 aromatic heterocycles. The Bertz CT molecular complexity index is 1490. The lowest BCUT2D eigenvalue weighted by Gasteiger charge is -2.29. The van der Waals surface area contributed by atoms with Crippen LogP contribution in [0.4, 0.5) is 5.82 Å². The van der Waals surface area contributed by atoms with Crippen LogP contribution in [-0.4, -0.2) is 73.5 Å². The summed E-state index contributed by atoms with van der Waals surface area (Å²) in [4.78, 5) is 11.9. The van der Waals surface area contributed by atoms with Gasteiger partial charge in [0.1, 0.15) is 4.21 Å². The van der Waals surface area contributed by atoms with Crippen LogP contribution in [0.5, 0.6) is 0 Å². The van der Waals surface area contributed by atoms with E-state index in [2.05, 4.69) is 25.1 Å². The number of morpholine rings is 1. The van der Waals surface area contributed by atoms with Crippen LogP contribution in [0.15, 0.2) is 34.7 Å². The summed E-state index contributed by atoms with van der Waals surface area (Å²) in [5.41, 5.74) is 2.37. The number of nitrogens with zero attached hydrogens (tertiary/aromatic N) is 4. The molecular formula is C24H29N7O3S2. The highest BCUT2D eigenvalue weighted by atomic mass is 32.2. The molecule has 0 spiro atoms. The molecule has 0 amide bonds. The molecule has 5 heterocycles. The van der Waals surface area contributed by atoms with Crippen molar-refractivity contribution < 1.29 is 13.2 Å². The van der Waals surface area contributed by atoms with Crippen LogP contribution in [0, 0.1) is 0 Å². The minimum atomic E-state index is -3.72. The Balaban J connectivity index is 1.42. The summed E-state index contributed by atoms with van der Waals surface area (Å²) < 4.78 is 36.3. The summed E-state index contributed by atoms with van der Waals surface area (Å²) >= 11 is 1.23. The predicted molar refractivity (Wildman–Crippen MR) is 141 cm³/mol. The maximum absolute atomic E-state index is 13.4. The lowest BCUT2D eigenvalue weighted by Crippen LogP contribution is -2.49. The molecule has 2 fully saturated rings. The van der Waals surface area contributed by atoms with Gasteiger partial charge in [-0.3, -0.25) is 5.10 Å². The van der Waals surface area contributed by atoms with Crippen molar-refractivity contribution >= 4 is 48.3 Å². The molecule has 0 aliphatic carbocycles. The Morgan fingerprint density at radius 1 is 1.22 bits per heavy atom. The first-order valence-corrected chi connectivity index (χ1v) is 14.6. The third-order valence-corrected chi connectivity index (χ3v) is 10.1. The number of aromatic amines is 1. The number of thiophene rings is 1. The molecule has 0 radical (unpaired) electrons. The highest BCUT2D eigenvalue weighted by molar-refractivity contribution is 7.91. The van der Waals surface area contributed by atoms with Crippen LogP contribution in [0.3, 0.4) is 0 Å². The number of benzene rings is 1. The van der Waals surface area contributed by atoms with Gasteiger partial charge in [-0.2, -0.15) is 5.10 Å². The van der Waals surface area contributed by atoms with Crippen LogP contribution in [0.1, 0.15) is 26.2 Å². The Kier molecular flexibility index (Phi) is 6.38. The monoisotopic (exact) mass is 527 g/mol. The molecule has 2 saturated heterocycles. The molecule has 1 aromatic carbocycles. The summed E-state index contributed by atoms with van der Waals surface area (Å²) in [6, 6.07) is 7.46. The number of rotatable bonds is 6. The second-order valence-corrected chi connectivity index (χ2v) is 12.3. The number of sulfonamides is 1. The Labute approximate surface area is 213 Å². The summed E-state index contributed by atoms with van der Waals surface area (Å²) in [5, 5.41) is 11.5. The van der Waals surface area contributed by atoms with Gasteiger partial charge in [0.25, 0.3) is 0 Å². The van der Waals surface area contributed by atoms with Gasteiger partial charge in [-0.25, -0.2) is 23.1 Å². The zero-order valence-electron chi connectivity index (χ0n) is 20.0. The van der Waals surface area contributed by atoms with Gasteiger partial charge in [-0.05, 0) is 38.4 Å². The summed E-state index contributed by atoms with van der Waals surface area (Å²) in [6.45, 7) is 5.42. The summed E-state index contributed by atoms with van der Waals surface area (Å²) in [5.74, 6) is 1.29. The molecular weight excluding hydrogens is 498 g/mol. The lowest BCUT2D eigenvalue weighted by atomic mass is 10.00. The van der Waals surface area contributed by atoms with Crippen LogP contribution in [0.2, 0.25) is 0 Å². The molecule has 36 heavy (non-hydrogen) atoms. The largest absolute Gasteiger partial charge is 0.378 e. The quantitative estimate of drug-likeness (QED) is 0.350. The molecule has 10 nitrogen and oxygen atoms in total. The van der Waals surface area contributed by atoms with Crippen molar-refractivity contribution in [2.45, 2.75) is 42.5 Å². The molecule has 6 rings (SSSR count). The first-order chi connectivity index (χ1) is 17.5. The standard InChI is InChI=1S/C24H29N7O3S2/c1-15(18-6-2-3-8-25-18)30-36(32,33)21-13-20-22(35-21)24(31-9-11-34-12-10-31)28-23(27-20)16-5-4-7-19-17(16)14-26-29-19/h4-5,7,13-15,18,25,30H,2-3,6,8-12H2,1H3,(H,26,29). The molecule has 2 aliphatic heterocycles. The molecule has 12 heteroatoms. The number of fused-ring (bicyclic) bond motifs is 2. The van der Waals surface area contributed by atoms with Gasteiger partial charge in [0.15, 0.2) is 11.6 Å². The maximum atomic E-state index is 13.4. The van der Waals surface area contributed by atoms with Crippen molar-refractivity contribution in [1.29, 1.82) is 0 Å². The number of nitrogens with one attached hydrogen (secondary N) is 3. The van der Waals surface area contributed by atoms with E-state index in [1.807, 2.05) is 25.1 Å². The third kappa shape index (κ3) is 4.48. The Morgan fingerprint density at radius 3 is 2.89 bits per heavy atom. The summed E-state index contributed by atoms with van der Waals surface area (Å²) in [7, 11) is -3.72. The predicted octanol–water partition coefficient (Wildman–Crippen LogP) is 2.88. The number of piperidine rings is 1. The van der Waals surface area contributed by atoms with Gasteiger partial charge in [0.05, 0.1) is 35.1 Å². The van der Waals surface area contributed by atoms with Crippen molar-refractivity contribution in [1.82, 2.24) is 30.2 Å². The van der Waals surface area contributed by atoms with Crippen molar-refractivity contribution in [3.63, 3.8) is 0 Å². The van der Waals surface area contributed by atoms with E-state index in [1.165, 1.54) is 11.3 Å². The SMILES string of the molecule is CC(NS(=O)(=O)c1cc2nc(-c3cccc4[nH]ncc34)nc(N3CCOCC3)c2s1)C1CCCCN1. The zero-order chi connectivity index (χ0) is 24.7. The highest BCUT2D eigenvalue weighted by Crippen LogP contribution is 2.37. The topological polar surface area (TPSA) is 125 Å². The van der Waals surface area contributed by atoms with E-state index < -0.39 is 10.0 Å². The second-order valence-electron chi connectivity index (χ2n) is 9.35. The highest BCUT2D eigenvalue weighted by Gasteiger charge is 2.28. The minimum absolute atomic E-state index is 0.133. The zero-order valence-corrected chi connectivity index (χ0v) is 21.7.